The summed E-state index contributed by atoms with van der Waals surface area (Å²) in [6.07, 6.45) is 2.28. The van der Waals surface area contributed by atoms with E-state index in [2.05, 4.69) is 0 Å². The highest BCUT2D eigenvalue weighted by Crippen LogP contribution is 2.18. The average Bonchev–Trinajstić information content (AvgIpc) is 2.46. The highest BCUT2D eigenvalue weighted by atomic mass is 32.2. The lowest BCUT2D eigenvalue weighted by Crippen LogP contribution is -2.16. The van der Waals surface area contributed by atoms with E-state index in [-0.39, 0.29) is 16.6 Å². The fraction of sp³-hybridized carbons (Fsp3) is 0.562. The van der Waals surface area contributed by atoms with Crippen LogP contribution in [-0.4, -0.2) is 27.4 Å². The fourth-order valence-corrected chi connectivity index (χ4v) is 3.02. The monoisotopic (exact) mass is 328 g/mol. The maximum Gasteiger partial charge on any atom is 0.297 e. The van der Waals surface area contributed by atoms with Gasteiger partial charge in [0.05, 0.1) is 11.5 Å². The van der Waals surface area contributed by atoms with Gasteiger partial charge in [-0.05, 0) is 37.1 Å². The van der Waals surface area contributed by atoms with Crippen LogP contribution in [0.1, 0.15) is 40.0 Å². The van der Waals surface area contributed by atoms with Gasteiger partial charge < -0.3 is 4.74 Å². The SMILES string of the molecule is CCCC(C)CC(=O)COS(=O)(=O)c1ccc(OCC)cc1. The van der Waals surface area contributed by atoms with Crippen LogP contribution in [0.15, 0.2) is 29.2 Å². The molecule has 0 aliphatic rings. The summed E-state index contributed by atoms with van der Waals surface area (Å²) in [4.78, 5) is 11.8. The molecule has 0 radical (unpaired) electrons. The van der Waals surface area contributed by atoms with E-state index in [1.165, 1.54) is 12.1 Å². The third-order valence-corrected chi connectivity index (χ3v) is 4.43. The molecule has 1 rings (SSSR count). The van der Waals surface area contributed by atoms with Gasteiger partial charge in [-0.3, -0.25) is 8.98 Å². The quantitative estimate of drug-likeness (QED) is 0.617. The maximum absolute atomic E-state index is 12.0. The Morgan fingerprint density at radius 3 is 2.36 bits per heavy atom. The van der Waals surface area contributed by atoms with Gasteiger partial charge in [0.1, 0.15) is 12.4 Å². The Labute approximate surface area is 132 Å². The molecule has 1 aromatic carbocycles. The first-order valence-corrected chi connectivity index (χ1v) is 8.93. The summed E-state index contributed by atoms with van der Waals surface area (Å²) < 4.78 is 34.1. The molecular weight excluding hydrogens is 304 g/mol. The van der Waals surface area contributed by atoms with E-state index in [0.717, 1.165) is 12.8 Å². The number of carbonyl (C=O) groups is 1. The molecule has 1 aromatic rings. The zero-order chi connectivity index (χ0) is 16.6. The van der Waals surface area contributed by atoms with E-state index in [1.807, 2.05) is 20.8 Å². The normalized spacial score (nSPS) is 12.9. The van der Waals surface area contributed by atoms with Crippen LogP contribution in [0.25, 0.3) is 0 Å². The number of rotatable bonds is 10. The Bertz CT molecular complexity index is 563. The Morgan fingerprint density at radius 1 is 1.18 bits per heavy atom. The molecule has 0 aliphatic heterocycles. The van der Waals surface area contributed by atoms with Crippen LogP contribution in [0.3, 0.4) is 0 Å². The molecule has 1 unspecified atom stereocenters. The molecule has 0 spiro atoms. The molecule has 1 atom stereocenters. The molecule has 0 heterocycles. The lowest BCUT2D eigenvalue weighted by molar-refractivity contribution is -0.121. The molecule has 0 bridgehead atoms. The molecule has 6 heteroatoms. The Balaban J connectivity index is 2.58. The van der Waals surface area contributed by atoms with E-state index >= 15 is 0 Å². The number of Topliss-reactive ketones (excluding diaryl/α,β-unsaturated/α-hetero) is 1. The Kier molecular flexibility index (Phi) is 7.55. The van der Waals surface area contributed by atoms with Crippen molar-refractivity contribution in [2.24, 2.45) is 5.92 Å². The smallest absolute Gasteiger partial charge is 0.297 e. The van der Waals surface area contributed by atoms with Crippen molar-refractivity contribution in [3.63, 3.8) is 0 Å². The molecule has 0 amide bonds. The second-order valence-electron chi connectivity index (χ2n) is 5.26. The minimum atomic E-state index is -3.91. The van der Waals surface area contributed by atoms with Gasteiger partial charge in [-0.15, -0.1) is 0 Å². The van der Waals surface area contributed by atoms with Gasteiger partial charge in [0.25, 0.3) is 10.1 Å². The first kappa shape index (κ1) is 18.6. The Morgan fingerprint density at radius 2 is 1.82 bits per heavy atom. The third kappa shape index (κ3) is 6.15. The summed E-state index contributed by atoms with van der Waals surface area (Å²) >= 11 is 0. The van der Waals surface area contributed by atoms with Gasteiger partial charge in [0, 0.05) is 6.42 Å². The predicted molar refractivity (Wildman–Crippen MR) is 84.4 cm³/mol. The zero-order valence-corrected chi connectivity index (χ0v) is 14.2. The largest absolute Gasteiger partial charge is 0.494 e. The number of ether oxygens (including phenoxy) is 1. The summed E-state index contributed by atoms with van der Waals surface area (Å²) in [5.41, 5.74) is 0. The van der Waals surface area contributed by atoms with Crippen LogP contribution < -0.4 is 4.74 Å². The minimum absolute atomic E-state index is 0.0189. The molecule has 0 aliphatic carbocycles. The van der Waals surface area contributed by atoms with E-state index in [1.54, 1.807) is 12.1 Å². The van der Waals surface area contributed by atoms with Crippen molar-refractivity contribution in [1.82, 2.24) is 0 Å². The third-order valence-electron chi connectivity index (χ3n) is 3.16. The summed E-state index contributed by atoms with van der Waals surface area (Å²) in [7, 11) is -3.91. The topological polar surface area (TPSA) is 69.7 Å². The fourth-order valence-electron chi connectivity index (χ4n) is 2.12. The van der Waals surface area contributed by atoms with Gasteiger partial charge >= 0.3 is 0 Å². The van der Waals surface area contributed by atoms with E-state index in [0.29, 0.717) is 18.8 Å². The molecule has 5 nitrogen and oxygen atoms in total. The summed E-state index contributed by atoms with van der Waals surface area (Å²) in [5.74, 6) is 0.635. The highest BCUT2D eigenvalue weighted by molar-refractivity contribution is 7.86. The second kappa shape index (κ2) is 8.90. The van der Waals surface area contributed by atoms with Gasteiger partial charge in [-0.1, -0.05) is 26.7 Å². The number of ketones is 1. The molecule has 22 heavy (non-hydrogen) atoms. The molecule has 0 saturated carbocycles. The van der Waals surface area contributed by atoms with Crippen molar-refractivity contribution < 1.29 is 22.1 Å². The average molecular weight is 328 g/mol. The molecule has 124 valence electrons. The molecule has 0 aromatic heterocycles. The lowest BCUT2D eigenvalue weighted by Gasteiger charge is -2.10. The summed E-state index contributed by atoms with van der Waals surface area (Å²) in [6, 6.07) is 5.94. The molecular formula is C16H24O5S. The number of carbonyl (C=O) groups excluding carboxylic acids is 1. The standard InChI is InChI=1S/C16H24O5S/c1-4-6-13(3)11-14(17)12-21-22(18,19)16-9-7-15(8-10-16)20-5-2/h7-10,13H,4-6,11-12H2,1-3H3. The Hall–Kier alpha value is -1.40. The molecule has 0 N–H and O–H groups in total. The maximum atomic E-state index is 12.0. The number of benzene rings is 1. The molecule has 0 fully saturated rings. The number of hydrogen-bond donors (Lipinski definition) is 0. The highest BCUT2D eigenvalue weighted by Gasteiger charge is 2.18. The van der Waals surface area contributed by atoms with Gasteiger partial charge in [0.15, 0.2) is 5.78 Å². The van der Waals surface area contributed by atoms with Crippen LogP contribution in [0.4, 0.5) is 0 Å². The zero-order valence-electron chi connectivity index (χ0n) is 13.4. The van der Waals surface area contributed by atoms with E-state index < -0.39 is 16.7 Å². The van der Waals surface area contributed by atoms with Crippen molar-refractivity contribution >= 4 is 15.9 Å². The van der Waals surface area contributed by atoms with Crippen molar-refractivity contribution in [3.05, 3.63) is 24.3 Å². The van der Waals surface area contributed by atoms with Crippen molar-refractivity contribution in [3.8, 4) is 5.75 Å². The van der Waals surface area contributed by atoms with Crippen LogP contribution in [0, 0.1) is 5.92 Å². The van der Waals surface area contributed by atoms with Gasteiger partial charge in [-0.25, -0.2) is 0 Å². The number of hydrogen-bond acceptors (Lipinski definition) is 5. The van der Waals surface area contributed by atoms with Crippen LogP contribution in [0.5, 0.6) is 5.75 Å². The van der Waals surface area contributed by atoms with Crippen LogP contribution in [-0.2, 0) is 19.1 Å². The van der Waals surface area contributed by atoms with E-state index in [4.69, 9.17) is 8.92 Å². The van der Waals surface area contributed by atoms with Crippen molar-refractivity contribution in [2.45, 2.75) is 44.9 Å². The van der Waals surface area contributed by atoms with Crippen molar-refractivity contribution in [2.75, 3.05) is 13.2 Å². The van der Waals surface area contributed by atoms with Crippen LogP contribution >= 0.6 is 0 Å². The van der Waals surface area contributed by atoms with E-state index in [9.17, 15) is 13.2 Å². The molecule has 0 saturated heterocycles. The second-order valence-corrected chi connectivity index (χ2v) is 6.87. The first-order valence-electron chi connectivity index (χ1n) is 7.53. The minimum Gasteiger partial charge on any atom is -0.494 e. The summed E-state index contributed by atoms with van der Waals surface area (Å²) in [5, 5.41) is 0. The van der Waals surface area contributed by atoms with Crippen LogP contribution in [0.2, 0.25) is 0 Å². The van der Waals surface area contributed by atoms with Gasteiger partial charge in [-0.2, -0.15) is 8.42 Å². The predicted octanol–water partition coefficient (Wildman–Crippen LogP) is 3.19. The lowest BCUT2D eigenvalue weighted by atomic mass is 10.0. The van der Waals surface area contributed by atoms with Gasteiger partial charge in [0.2, 0.25) is 0 Å². The van der Waals surface area contributed by atoms with Crippen molar-refractivity contribution in [1.29, 1.82) is 0 Å². The summed E-state index contributed by atoms with van der Waals surface area (Å²) in [6.45, 7) is 5.96. The first-order chi connectivity index (χ1) is 10.4.